The van der Waals surface area contributed by atoms with Crippen LogP contribution in [0.4, 0.5) is 0 Å². The fourth-order valence-corrected chi connectivity index (χ4v) is 4.11. The minimum absolute atomic E-state index is 0.393. The molecule has 0 atom stereocenters. The number of nitriles is 1. The summed E-state index contributed by atoms with van der Waals surface area (Å²) in [5, 5.41) is 9.66. The molecule has 0 bridgehead atoms. The van der Waals surface area contributed by atoms with Crippen LogP contribution in [-0.4, -0.2) is 7.11 Å². The van der Waals surface area contributed by atoms with Crippen LogP contribution in [0.5, 0.6) is 5.75 Å². The first-order chi connectivity index (χ1) is 8.63. The molecule has 4 heteroatoms. The molecule has 1 aromatic carbocycles. The Balaban J connectivity index is 2.57. The van der Waals surface area contributed by atoms with Gasteiger partial charge in [-0.1, -0.05) is 35.2 Å². The van der Waals surface area contributed by atoms with Gasteiger partial charge in [-0.05, 0) is 40.9 Å². The zero-order chi connectivity index (χ0) is 13.2. The van der Waals surface area contributed by atoms with E-state index < -0.39 is 5.41 Å². The summed E-state index contributed by atoms with van der Waals surface area (Å²) < 4.78 is 7.37. The van der Waals surface area contributed by atoms with Gasteiger partial charge in [0, 0.05) is 10.0 Å². The van der Waals surface area contributed by atoms with Gasteiger partial charge >= 0.3 is 0 Å². The molecule has 96 valence electrons. The first-order valence-electron chi connectivity index (χ1n) is 6.08. The van der Waals surface area contributed by atoms with Crippen LogP contribution in [-0.2, 0) is 5.41 Å². The van der Waals surface area contributed by atoms with Crippen molar-refractivity contribution in [2.75, 3.05) is 7.11 Å². The lowest BCUT2D eigenvalue weighted by atomic mass is 9.70. The van der Waals surface area contributed by atoms with Gasteiger partial charge in [0.05, 0.1) is 23.1 Å². The number of halogens is 2. The molecule has 1 fully saturated rings. The Bertz CT molecular complexity index is 487. The van der Waals surface area contributed by atoms with Crippen molar-refractivity contribution in [1.82, 2.24) is 0 Å². The van der Waals surface area contributed by atoms with E-state index in [4.69, 9.17) is 4.74 Å². The number of hydrogen-bond donors (Lipinski definition) is 0. The molecule has 0 radical (unpaired) electrons. The highest BCUT2D eigenvalue weighted by Gasteiger charge is 2.37. The average Bonchev–Trinajstić information content (AvgIpc) is 2.38. The standard InChI is InChI=1S/C14H15Br2NO/c1-18-13-11(7-10(15)8-12(13)16)14(9-17)5-3-2-4-6-14/h7-8H,2-6H2,1H3. The van der Waals surface area contributed by atoms with Crippen LogP contribution in [0.25, 0.3) is 0 Å². The molecule has 0 unspecified atom stereocenters. The number of nitrogens with zero attached hydrogens (tertiary/aromatic N) is 1. The molecule has 0 spiro atoms. The summed E-state index contributed by atoms with van der Waals surface area (Å²) in [5.41, 5.74) is 0.615. The molecule has 2 nitrogen and oxygen atoms in total. The Morgan fingerprint density at radius 3 is 2.44 bits per heavy atom. The molecule has 18 heavy (non-hydrogen) atoms. The Kier molecular flexibility index (Phi) is 4.34. The molecule has 1 aromatic rings. The number of benzene rings is 1. The largest absolute Gasteiger partial charge is 0.495 e. The maximum absolute atomic E-state index is 9.66. The smallest absolute Gasteiger partial charge is 0.137 e. The van der Waals surface area contributed by atoms with Gasteiger partial charge in [-0.25, -0.2) is 0 Å². The van der Waals surface area contributed by atoms with Crippen LogP contribution in [0, 0.1) is 11.3 Å². The SMILES string of the molecule is COc1c(Br)cc(Br)cc1C1(C#N)CCCCC1. The normalized spacial score (nSPS) is 18.1. The number of ether oxygens (including phenoxy) is 1. The molecule has 0 aliphatic heterocycles. The molecular formula is C14H15Br2NO. The molecule has 0 saturated heterocycles. The van der Waals surface area contributed by atoms with Gasteiger partial charge in [0.25, 0.3) is 0 Å². The van der Waals surface area contributed by atoms with Gasteiger partial charge in [0.2, 0.25) is 0 Å². The van der Waals surface area contributed by atoms with Crippen molar-refractivity contribution >= 4 is 31.9 Å². The lowest BCUT2D eigenvalue weighted by Gasteiger charge is -2.32. The van der Waals surface area contributed by atoms with Crippen molar-refractivity contribution in [3.63, 3.8) is 0 Å². The maximum Gasteiger partial charge on any atom is 0.137 e. The van der Waals surface area contributed by atoms with Crippen LogP contribution in [0.3, 0.4) is 0 Å². The summed E-state index contributed by atoms with van der Waals surface area (Å²) in [4.78, 5) is 0. The second-order valence-corrected chi connectivity index (χ2v) is 6.49. The summed E-state index contributed by atoms with van der Waals surface area (Å²) in [6.07, 6.45) is 5.29. The third-order valence-electron chi connectivity index (χ3n) is 3.65. The maximum atomic E-state index is 9.66. The van der Waals surface area contributed by atoms with Crippen LogP contribution >= 0.6 is 31.9 Å². The zero-order valence-electron chi connectivity index (χ0n) is 10.3. The minimum atomic E-state index is -0.393. The molecule has 1 saturated carbocycles. The second kappa shape index (κ2) is 5.63. The summed E-state index contributed by atoms with van der Waals surface area (Å²) in [6.45, 7) is 0. The third-order valence-corrected chi connectivity index (χ3v) is 4.70. The lowest BCUT2D eigenvalue weighted by molar-refractivity contribution is 0.341. The van der Waals surface area contributed by atoms with Gasteiger partial charge in [-0.15, -0.1) is 0 Å². The highest BCUT2D eigenvalue weighted by atomic mass is 79.9. The monoisotopic (exact) mass is 371 g/mol. The number of rotatable bonds is 2. The minimum Gasteiger partial charge on any atom is -0.495 e. The van der Waals surface area contributed by atoms with Gasteiger partial charge in [0.15, 0.2) is 0 Å². The highest BCUT2D eigenvalue weighted by molar-refractivity contribution is 9.11. The number of methoxy groups -OCH3 is 1. The van der Waals surface area contributed by atoms with Crippen molar-refractivity contribution in [2.24, 2.45) is 0 Å². The van der Waals surface area contributed by atoms with Crippen molar-refractivity contribution in [2.45, 2.75) is 37.5 Å². The molecule has 0 heterocycles. The topological polar surface area (TPSA) is 33.0 Å². The van der Waals surface area contributed by atoms with Crippen molar-refractivity contribution < 1.29 is 4.74 Å². The van der Waals surface area contributed by atoms with Crippen molar-refractivity contribution in [3.8, 4) is 11.8 Å². The average molecular weight is 373 g/mol. The molecule has 1 aliphatic rings. The van der Waals surface area contributed by atoms with E-state index in [1.54, 1.807) is 7.11 Å². The predicted molar refractivity (Wildman–Crippen MR) is 78.8 cm³/mol. The van der Waals surface area contributed by atoms with E-state index in [9.17, 15) is 5.26 Å². The van der Waals surface area contributed by atoms with Crippen LogP contribution in [0.15, 0.2) is 21.1 Å². The van der Waals surface area contributed by atoms with Gasteiger partial charge < -0.3 is 4.74 Å². The van der Waals surface area contributed by atoms with Gasteiger partial charge in [-0.3, -0.25) is 0 Å². The van der Waals surface area contributed by atoms with Crippen LogP contribution in [0.2, 0.25) is 0 Å². The fourth-order valence-electron chi connectivity index (χ4n) is 2.72. The molecule has 2 rings (SSSR count). The molecular weight excluding hydrogens is 358 g/mol. The highest BCUT2D eigenvalue weighted by Crippen LogP contribution is 2.46. The van der Waals surface area contributed by atoms with E-state index >= 15 is 0 Å². The van der Waals surface area contributed by atoms with E-state index in [2.05, 4.69) is 37.9 Å². The molecule has 0 aromatic heterocycles. The molecule has 0 amide bonds. The Hall–Kier alpha value is -0.530. The summed E-state index contributed by atoms with van der Waals surface area (Å²) in [7, 11) is 1.66. The lowest BCUT2D eigenvalue weighted by Crippen LogP contribution is -2.27. The summed E-state index contributed by atoms with van der Waals surface area (Å²) in [6, 6.07) is 6.52. The van der Waals surface area contributed by atoms with Crippen molar-refractivity contribution in [3.05, 3.63) is 26.6 Å². The summed E-state index contributed by atoms with van der Waals surface area (Å²) >= 11 is 7.02. The third kappa shape index (κ3) is 2.44. The van der Waals surface area contributed by atoms with E-state index in [0.717, 1.165) is 45.9 Å². The quantitative estimate of drug-likeness (QED) is 0.736. The zero-order valence-corrected chi connectivity index (χ0v) is 13.5. The first-order valence-corrected chi connectivity index (χ1v) is 7.66. The van der Waals surface area contributed by atoms with Gasteiger partial charge in [-0.2, -0.15) is 5.26 Å². The van der Waals surface area contributed by atoms with E-state index in [1.165, 1.54) is 6.42 Å². The Morgan fingerprint density at radius 1 is 1.22 bits per heavy atom. The fraction of sp³-hybridized carbons (Fsp3) is 0.500. The van der Waals surface area contributed by atoms with Crippen molar-refractivity contribution in [1.29, 1.82) is 5.26 Å². The van der Waals surface area contributed by atoms with Crippen LogP contribution < -0.4 is 4.74 Å². The van der Waals surface area contributed by atoms with E-state index in [-0.39, 0.29) is 0 Å². The summed E-state index contributed by atoms with van der Waals surface area (Å²) in [5.74, 6) is 0.793. The predicted octanol–water partition coefficient (Wildman–Crippen LogP) is 4.95. The van der Waals surface area contributed by atoms with E-state index in [1.807, 2.05) is 12.1 Å². The van der Waals surface area contributed by atoms with E-state index in [0.29, 0.717) is 0 Å². The Morgan fingerprint density at radius 2 is 1.89 bits per heavy atom. The molecule has 0 N–H and O–H groups in total. The second-order valence-electron chi connectivity index (χ2n) is 4.72. The van der Waals surface area contributed by atoms with Crippen LogP contribution in [0.1, 0.15) is 37.7 Å². The molecule has 1 aliphatic carbocycles. The van der Waals surface area contributed by atoms with Gasteiger partial charge in [0.1, 0.15) is 5.75 Å². The Labute approximate surface area is 125 Å². The first kappa shape index (κ1) is 13.9. The number of hydrogen-bond acceptors (Lipinski definition) is 2.